The molecule has 0 heterocycles. The van der Waals surface area contributed by atoms with Crippen LogP contribution in [0.2, 0.25) is 0 Å². The van der Waals surface area contributed by atoms with Crippen molar-refractivity contribution in [2.45, 2.75) is 26.7 Å². The van der Waals surface area contributed by atoms with Crippen LogP contribution in [0.5, 0.6) is 0 Å². The van der Waals surface area contributed by atoms with Crippen LogP contribution in [0, 0.1) is 0 Å². The third kappa shape index (κ3) is 8.80. The monoisotopic (exact) mass is 214 g/mol. The number of nitrogens with one attached hydrogen (secondary N) is 2. The molecular formula is C10H18N2O3. The Morgan fingerprint density at radius 3 is 2.47 bits per heavy atom. The second-order valence-corrected chi connectivity index (χ2v) is 3.12. The summed E-state index contributed by atoms with van der Waals surface area (Å²) in [5.74, 6) is -0.935. The van der Waals surface area contributed by atoms with Gasteiger partial charge in [-0.15, -0.1) is 0 Å². The van der Waals surface area contributed by atoms with Crippen molar-refractivity contribution >= 4 is 11.9 Å². The average molecular weight is 214 g/mol. The molecule has 0 atom stereocenters. The van der Waals surface area contributed by atoms with Crippen molar-refractivity contribution in [2.75, 3.05) is 13.1 Å². The normalized spacial score (nSPS) is 10.9. The molecule has 5 heteroatoms. The van der Waals surface area contributed by atoms with Gasteiger partial charge in [0.1, 0.15) is 0 Å². The van der Waals surface area contributed by atoms with Crippen molar-refractivity contribution in [1.82, 2.24) is 10.6 Å². The van der Waals surface area contributed by atoms with Gasteiger partial charge in [0, 0.05) is 19.2 Å². The van der Waals surface area contributed by atoms with E-state index in [4.69, 9.17) is 5.11 Å². The lowest BCUT2D eigenvalue weighted by Gasteiger charge is -2.10. The first-order valence-electron chi connectivity index (χ1n) is 4.95. The molecule has 0 bridgehead atoms. The summed E-state index contributed by atoms with van der Waals surface area (Å²) in [5, 5.41) is 14.1. The van der Waals surface area contributed by atoms with Crippen LogP contribution in [0.25, 0.3) is 0 Å². The lowest BCUT2D eigenvalue weighted by molar-refractivity contribution is -0.136. The van der Waals surface area contributed by atoms with Crippen molar-refractivity contribution in [3.8, 4) is 0 Å². The van der Waals surface area contributed by atoms with E-state index in [9.17, 15) is 9.59 Å². The number of carboxylic acid groups (broad SMARTS) is 1. The Labute approximate surface area is 89.6 Å². The van der Waals surface area contributed by atoms with E-state index in [1.807, 2.05) is 13.0 Å². The number of hydrogen-bond acceptors (Lipinski definition) is 3. The van der Waals surface area contributed by atoms with E-state index in [2.05, 4.69) is 10.6 Å². The fraction of sp³-hybridized carbons (Fsp3) is 0.600. The predicted octanol–water partition coefficient (Wildman–Crippen LogP) is 0.481. The number of carbonyl (C=O) groups is 2. The highest BCUT2D eigenvalue weighted by Crippen LogP contribution is 1.91. The first-order chi connectivity index (χ1) is 7.06. The maximum atomic E-state index is 10.7. The summed E-state index contributed by atoms with van der Waals surface area (Å²) in [6.07, 6.45) is 2.84. The van der Waals surface area contributed by atoms with Crippen molar-refractivity contribution in [1.29, 1.82) is 0 Å². The van der Waals surface area contributed by atoms with Gasteiger partial charge in [0.2, 0.25) is 5.91 Å². The molecule has 3 N–H and O–H groups in total. The zero-order valence-corrected chi connectivity index (χ0v) is 9.17. The van der Waals surface area contributed by atoms with Gasteiger partial charge in [0.25, 0.3) is 0 Å². The van der Waals surface area contributed by atoms with Crippen LogP contribution in [0.3, 0.4) is 0 Å². The van der Waals surface area contributed by atoms with Crippen LogP contribution in [-0.2, 0) is 9.59 Å². The summed E-state index contributed by atoms with van der Waals surface area (Å²) in [6, 6.07) is 0. The molecule has 1 amide bonds. The molecule has 0 aliphatic carbocycles. The molecule has 0 rings (SSSR count). The van der Waals surface area contributed by atoms with Crippen LogP contribution >= 0.6 is 0 Å². The molecule has 0 unspecified atom stereocenters. The number of carbonyl (C=O) groups excluding carboxylic acids is 1. The highest BCUT2D eigenvalue weighted by molar-refractivity contribution is 5.73. The number of rotatable bonds is 7. The molecule has 0 saturated carbocycles. The maximum Gasteiger partial charge on any atom is 0.305 e. The Kier molecular flexibility index (Phi) is 7.05. The minimum absolute atomic E-state index is 0.0706. The predicted molar refractivity (Wildman–Crippen MR) is 57.3 cm³/mol. The van der Waals surface area contributed by atoms with Gasteiger partial charge in [0.15, 0.2) is 0 Å². The van der Waals surface area contributed by atoms with Crippen LogP contribution in [0.15, 0.2) is 11.8 Å². The standard InChI is InChI=1S/C10H18N2O3/c1-3-4-9(7-12-8(2)13)11-6-5-10(14)15/h4,11H,3,5-7H2,1-2H3,(H,12,13)(H,14,15)/b9-4-. The third-order valence-electron chi connectivity index (χ3n) is 1.67. The zero-order valence-electron chi connectivity index (χ0n) is 9.17. The fourth-order valence-electron chi connectivity index (χ4n) is 1.00. The summed E-state index contributed by atoms with van der Waals surface area (Å²) in [4.78, 5) is 20.9. The number of amides is 1. The highest BCUT2D eigenvalue weighted by atomic mass is 16.4. The summed E-state index contributed by atoms with van der Waals surface area (Å²) in [6.45, 7) is 4.22. The van der Waals surface area contributed by atoms with Gasteiger partial charge < -0.3 is 15.7 Å². The third-order valence-corrected chi connectivity index (χ3v) is 1.67. The van der Waals surface area contributed by atoms with Crippen LogP contribution in [0.4, 0.5) is 0 Å². The number of hydrogen-bond donors (Lipinski definition) is 3. The summed E-state index contributed by atoms with van der Waals surface area (Å²) >= 11 is 0. The van der Waals surface area contributed by atoms with Gasteiger partial charge in [-0.05, 0) is 6.42 Å². The van der Waals surface area contributed by atoms with E-state index < -0.39 is 5.97 Å². The van der Waals surface area contributed by atoms with Crippen LogP contribution in [-0.4, -0.2) is 30.1 Å². The van der Waals surface area contributed by atoms with Gasteiger partial charge in [-0.3, -0.25) is 9.59 Å². The summed E-state index contributed by atoms with van der Waals surface area (Å²) in [5.41, 5.74) is 0.856. The molecule has 0 aliphatic rings. The highest BCUT2D eigenvalue weighted by Gasteiger charge is 1.99. The number of aliphatic carboxylic acids is 1. The van der Waals surface area contributed by atoms with Crippen molar-refractivity contribution in [3.05, 3.63) is 11.8 Å². The molecule has 0 spiro atoms. The largest absolute Gasteiger partial charge is 0.481 e. The van der Waals surface area contributed by atoms with E-state index in [0.29, 0.717) is 13.1 Å². The second kappa shape index (κ2) is 7.84. The van der Waals surface area contributed by atoms with Crippen molar-refractivity contribution in [2.24, 2.45) is 0 Å². The Balaban J connectivity index is 3.89. The number of allylic oxidation sites excluding steroid dienone is 1. The molecule has 0 saturated heterocycles. The molecular weight excluding hydrogens is 196 g/mol. The Morgan fingerprint density at radius 2 is 2.00 bits per heavy atom. The molecule has 86 valence electrons. The minimum Gasteiger partial charge on any atom is -0.481 e. The van der Waals surface area contributed by atoms with Gasteiger partial charge in [-0.2, -0.15) is 0 Å². The Bertz CT molecular complexity index is 249. The molecule has 0 radical (unpaired) electrons. The quantitative estimate of drug-likeness (QED) is 0.576. The molecule has 15 heavy (non-hydrogen) atoms. The first-order valence-corrected chi connectivity index (χ1v) is 4.95. The van der Waals surface area contributed by atoms with Gasteiger partial charge in [-0.1, -0.05) is 13.0 Å². The van der Waals surface area contributed by atoms with Gasteiger partial charge >= 0.3 is 5.97 Å². The lowest BCUT2D eigenvalue weighted by Crippen LogP contribution is -2.29. The molecule has 0 aromatic rings. The molecule has 0 fully saturated rings. The lowest BCUT2D eigenvalue weighted by atomic mass is 10.3. The van der Waals surface area contributed by atoms with Crippen LogP contribution in [0.1, 0.15) is 26.7 Å². The van der Waals surface area contributed by atoms with E-state index in [1.54, 1.807) is 0 Å². The van der Waals surface area contributed by atoms with E-state index in [1.165, 1.54) is 6.92 Å². The Morgan fingerprint density at radius 1 is 1.33 bits per heavy atom. The molecule has 0 aromatic carbocycles. The molecule has 0 aliphatic heterocycles. The van der Waals surface area contributed by atoms with Crippen molar-refractivity contribution in [3.63, 3.8) is 0 Å². The average Bonchev–Trinajstić information content (AvgIpc) is 2.13. The molecule has 5 nitrogen and oxygen atoms in total. The van der Waals surface area contributed by atoms with Crippen molar-refractivity contribution < 1.29 is 14.7 Å². The Hall–Kier alpha value is -1.52. The van der Waals surface area contributed by atoms with Crippen LogP contribution < -0.4 is 10.6 Å². The zero-order chi connectivity index (χ0) is 11.7. The fourth-order valence-corrected chi connectivity index (χ4v) is 1.00. The molecule has 0 aromatic heterocycles. The SMILES string of the molecule is CC/C=C(/CNC(C)=O)NCCC(=O)O. The minimum atomic E-state index is -0.835. The maximum absolute atomic E-state index is 10.7. The summed E-state index contributed by atoms with van der Waals surface area (Å²) < 4.78 is 0. The van der Waals surface area contributed by atoms with E-state index in [-0.39, 0.29) is 12.3 Å². The second-order valence-electron chi connectivity index (χ2n) is 3.12. The van der Waals surface area contributed by atoms with Gasteiger partial charge in [0.05, 0.1) is 13.0 Å². The van der Waals surface area contributed by atoms with Gasteiger partial charge in [-0.25, -0.2) is 0 Å². The number of carboxylic acids is 1. The van der Waals surface area contributed by atoms with E-state index >= 15 is 0 Å². The summed E-state index contributed by atoms with van der Waals surface area (Å²) in [7, 11) is 0. The van der Waals surface area contributed by atoms with E-state index in [0.717, 1.165) is 12.1 Å². The first kappa shape index (κ1) is 13.5. The topological polar surface area (TPSA) is 78.4 Å². The smallest absolute Gasteiger partial charge is 0.305 e.